The van der Waals surface area contributed by atoms with Crippen molar-refractivity contribution in [1.29, 1.82) is 0 Å². The third-order valence-corrected chi connectivity index (χ3v) is 1450. The summed E-state index contributed by atoms with van der Waals surface area (Å²) < 4.78 is 0. The van der Waals surface area contributed by atoms with E-state index in [9.17, 15) is 0 Å². The molecule has 0 spiro atoms. The molecule has 0 fully saturated rings. The first-order chi connectivity index (χ1) is 36.9. The molecule has 0 aliphatic heterocycles. The van der Waals surface area contributed by atoms with E-state index in [-0.39, 0.29) is 0 Å². The molecule has 446 valence electrons. The Morgan fingerprint density at radius 3 is 0.149 bits per heavy atom. The number of hydrogen-bond donors (Lipinski definition) is 0. The van der Waals surface area contributed by atoms with Crippen molar-refractivity contribution in [3.8, 4) is 0 Å². The van der Waals surface area contributed by atoms with Crippen molar-refractivity contribution >= 4 is 635 Å². The summed E-state index contributed by atoms with van der Waals surface area (Å²) in [5.74, 6) is 0. The molecule has 0 aromatic heterocycles. The molecule has 0 saturated carbocycles. The zero-order valence-electron chi connectivity index (χ0n) is 52.9. The van der Waals surface area contributed by atoms with E-state index in [0.717, 1.165) is 616 Å². The molecule has 0 aromatic carbocycles. The number of hydrogen-bond acceptors (Lipinski definition) is 0. The molecule has 74 heavy (non-hydrogen) atoms. The van der Waals surface area contributed by atoms with Gasteiger partial charge >= 0.3 is 0 Å². The van der Waals surface area contributed by atoms with Gasteiger partial charge in [-0.3, -0.25) is 0 Å². The fourth-order valence-corrected chi connectivity index (χ4v) is 3040. The van der Waals surface area contributed by atoms with Gasteiger partial charge in [0.1, 0.15) is 0 Å². The Balaban J connectivity index is 3.07. The van der Waals surface area contributed by atoms with Crippen molar-refractivity contribution in [1.82, 2.24) is 0 Å². The summed E-state index contributed by atoms with van der Waals surface area (Å²) in [6, 6.07) is 0. The van der Waals surface area contributed by atoms with Crippen LogP contribution in [0.5, 0.6) is 0 Å². The van der Waals surface area contributed by atoms with Gasteiger partial charge in [0.25, 0.3) is 0 Å². The van der Waals surface area contributed by atoms with E-state index in [1.54, 1.807) is 19.5 Å². The van der Waals surface area contributed by atoms with E-state index in [0.29, 0.717) is 0 Å². The quantitative estimate of drug-likeness (QED) is 0.0421. The lowest BCUT2D eigenvalue weighted by molar-refractivity contribution is 3.76. The normalized spacial score (nSPS) is 23.5. The van der Waals surface area contributed by atoms with Gasteiger partial charge in [-0.05, 0) is 635 Å². The topological polar surface area (TPSA) is 0 Å². The van der Waals surface area contributed by atoms with Crippen LogP contribution in [0, 0.1) is 0 Å². The summed E-state index contributed by atoms with van der Waals surface area (Å²) in [7, 11) is 70.9. The van der Waals surface area contributed by atoms with Gasteiger partial charge in [0.2, 0.25) is 0 Å². The largest absolute Gasteiger partial charge is 0.0120 e. The summed E-state index contributed by atoms with van der Waals surface area (Å²) >= 11 is 0. The summed E-state index contributed by atoms with van der Waals surface area (Å²) in [5, 5.41) is 0. The highest BCUT2D eigenvalue weighted by Crippen LogP contribution is 1.68. The number of rotatable bonds is 71. The zero-order valence-corrected chi connectivity index (χ0v) is 159. The van der Waals surface area contributed by atoms with Crippen LogP contribution in [0.4, 0.5) is 0 Å². The van der Waals surface area contributed by atoms with E-state index in [4.69, 9.17) is 0 Å². The highest BCUT2D eigenvalue weighted by atomic mass is 30.2. The maximum Gasteiger partial charge on any atom is -0.00934 e. The predicted molar refractivity (Wildman–Crippen MR) is 635 cm³/mol. The molecule has 0 bridgehead atoms. The molecule has 0 aliphatic rings. The van der Waals surface area contributed by atoms with Crippen molar-refractivity contribution < 1.29 is 0 Å². The molecule has 0 rings (SSSR count). The summed E-state index contributed by atoms with van der Waals surface area (Å²) in [6.07, 6.45) is 0. The van der Waals surface area contributed by atoms with Crippen LogP contribution in [0.3, 0.4) is 0 Å². The van der Waals surface area contributed by atoms with E-state index in [1.165, 1.54) is 0 Å². The van der Waals surface area contributed by atoms with E-state index in [2.05, 4.69) is 0 Å². The monoisotopic (exact) mass is 2220 g/mol. The summed E-state index contributed by atoms with van der Waals surface area (Å²) in [5.41, 5.74) is 0. The van der Waals surface area contributed by atoms with E-state index in [1.807, 2.05) is 0 Å². The fourth-order valence-electron chi connectivity index (χ4n) is 12.5. The van der Waals surface area contributed by atoms with Gasteiger partial charge < -0.3 is 0 Å². The fraction of sp³-hybridized carbons (Fsp3) is 0. The molecular weight excluding hydrogens is 2080 g/mol. The molecule has 0 nitrogen and oxygen atoms in total. The molecule has 0 N–H and O–H groups in total. The first kappa shape index (κ1) is 90.0. The molecule has 0 aromatic rings. The average molecular weight is 2230 g/mol. The second-order valence-electron chi connectivity index (χ2n) is 25.7. The van der Waals surface area contributed by atoms with E-state index >= 15 is 0 Å². The molecule has 0 heterocycles. The van der Waals surface area contributed by atoms with E-state index < -0.39 is 0 Å². The summed E-state index contributed by atoms with van der Waals surface area (Å²) in [6.45, 7) is 0. The van der Waals surface area contributed by atoms with Crippen molar-refractivity contribution in [2.75, 3.05) is 0 Å². The molecule has 0 radical (unpaired) electrons. The Bertz CT molecular complexity index is 816. The van der Waals surface area contributed by atoms with Gasteiger partial charge in [0.15, 0.2) is 0 Å². The van der Waals surface area contributed by atoms with Crippen LogP contribution in [-0.4, -0.2) is 635 Å². The Labute approximate surface area is 623 Å². The van der Waals surface area contributed by atoms with Gasteiger partial charge in [-0.15, -0.1) is 0 Å². The highest BCUT2D eigenvalue weighted by Gasteiger charge is 2.05. The second kappa shape index (κ2) is 89.0. The van der Waals surface area contributed by atoms with Crippen LogP contribution >= 0.6 is 0 Å². The van der Waals surface area contributed by atoms with Gasteiger partial charge in [0.05, 0.1) is 0 Å². The standard InChI is InChI=1S/H150Si74/c1-3-5-7-9-11-13-15-17-19-21-23-25-27-29-31-33-35-37-39-41-43-45-47-49-51-53-55-57-59-61-63-65-67-69-71-73-74-72-70-68-66-64-62-60-58-56-54-52-50-48-46-44-42-40-38-36-34-32-30-28-26-24-22-20-18-16-14-12-10-8-6-4-2/h3-74H2,1-2H3. The maximum atomic E-state index is 1.76. The highest BCUT2D eigenvalue weighted by molar-refractivity contribution is 7.82. The predicted octanol–water partition coefficient (Wildman–Crippen LogP) is -68.3. The second-order valence-corrected chi connectivity index (χ2v) is 695. The molecule has 0 amide bonds. The zero-order chi connectivity index (χ0) is 52.9. The molecule has 0 saturated heterocycles. The summed E-state index contributed by atoms with van der Waals surface area (Å²) in [4.78, 5) is 0. The minimum atomic E-state index is 0.819. The smallest absolute Gasteiger partial charge is 0.00934 e. The van der Waals surface area contributed by atoms with Crippen LogP contribution in [-0.2, 0) is 0 Å². The van der Waals surface area contributed by atoms with Crippen LogP contribution < -0.4 is 0 Å². The first-order valence-corrected chi connectivity index (χ1v) is 332. The van der Waals surface area contributed by atoms with Crippen molar-refractivity contribution in [3.05, 3.63) is 0 Å². The minimum Gasteiger partial charge on any atom is -0.0120 e. The Morgan fingerprint density at radius 2 is 0.108 bits per heavy atom. The van der Waals surface area contributed by atoms with Crippen molar-refractivity contribution in [2.45, 2.75) is 0 Å². The average Bonchev–Trinajstić information content (AvgIpc) is 3.41. The van der Waals surface area contributed by atoms with Gasteiger partial charge in [-0.1, -0.05) is 0 Å². The SMILES string of the molecule is [SiH3][SiH2][SiH2][SiH2][SiH2][SiH2][SiH2][SiH2][SiH2][SiH2][SiH2][SiH2][SiH2][SiH2][SiH2][SiH2][SiH2][SiH2][SiH2][SiH2][SiH2][SiH2][SiH2][SiH2][SiH2][SiH2][SiH2][SiH2][SiH2][SiH2][SiH2][SiH2][SiH2][SiH2][SiH2][SiH2][SiH2][SiH2][SiH2][SiH2][SiH2][SiH2][SiH2][SiH2][SiH2][SiH2][SiH2][SiH2][SiH2][SiH2][SiH2][SiH2][SiH2][SiH2][SiH2][SiH2][SiH2][SiH2][SiH2][SiH2][SiH2][SiH2][SiH2][SiH2][SiH2][SiH2][SiH2][SiH2][SiH2][SiH2][SiH2][SiH2][SiH2][SiH3]. The minimum absolute atomic E-state index is 0.819. The van der Waals surface area contributed by atoms with Crippen LogP contribution in [0.2, 0.25) is 0 Å². The lowest BCUT2D eigenvalue weighted by atomic mass is 26.1. The van der Waals surface area contributed by atoms with Crippen LogP contribution in [0.15, 0.2) is 0 Å². The lowest BCUT2D eigenvalue weighted by Gasteiger charge is -2.01. The third-order valence-electron chi connectivity index (χ3n) is 18.0. The Morgan fingerprint density at radius 1 is 0.0676 bits per heavy atom. The lowest BCUT2D eigenvalue weighted by Crippen LogP contribution is -2.38. The molecule has 74 heteroatoms. The third kappa shape index (κ3) is 88.0. The van der Waals surface area contributed by atoms with Gasteiger partial charge in [-0.25, -0.2) is 0 Å². The Hall–Kier alpha value is 16.0. The van der Waals surface area contributed by atoms with Crippen molar-refractivity contribution in [3.63, 3.8) is 0 Å². The Kier molecular flexibility index (Phi) is 108. The van der Waals surface area contributed by atoms with Crippen LogP contribution in [0.1, 0.15) is 0 Å². The van der Waals surface area contributed by atoms with Crippen LogP contribution in [0.25, 0.3) is 0 Å². The molecular formula is H150Si74. The molecule has 0 unspecified atom stereocenters. The maximum absolute atomic E-state index is 1.76. The van der Waals surface area contributed by atoms with Gasteiger partial charge in [-0.2, -0.15) is 0 Å². The first-order valence-electron chi connectivity index (χ1n) is 36.9. The van der Waals surface area contributed by atoms with Gasteiger partial charge in [0, 0.05) is 0 Å². The molecule has 0 atom stereocenters. The molecule has 0 aliphatic carbocycles. The van der Waals surface area contributed by atoms with Crippen molar-refractivity contribution in [2.24, 2.45) is 0 Å².